The molecule has 1 aromatic rings. The van der Waals surface area contributed by atoms with Crippen LogP contribution in [0, 0.1) is 0 Å². The molecule has 6 heteroatoms. The molecule has 0 radical (unpaired) electrons. The maximum Gasteiger partial charge on any atom is 0.413 e. The van der Waals surface area contributed by atoms with Gasteiger partial charge in [-0.2, -0.15) is 0 Å². The highest BCUT2D eigenvalue weighted by Gasteiger charge is 2.46. The van der Waals surface area contributed by atoms with Crippen LogP contribution < -0.4 is 5.73 Å². The molecule has 122 valence electrons. The number of benzene rings is 1. The van der Waals surface area contributed by atoms with Gasteiger partial charge in [-0.05, 0) is 52.3 Å². The molecule has 0 bridgehead atoms. The van der Waals surface area contributed by atoms with E-state index in [1.165, 1.54) is 0 Å². The Morgan fingerprint density at radius 2 is 2.09 bits per heavy atom. The van der Waals surface area contributed by atoms with Gasteiger partial charge in [0, 0.05) is 0 Å². The number of halogens is 1. The number of carbonyl (C=O) groups is 1. The van der Waals surface area contributed by atoms with Gasteiger partial charge in [-0.1, -0.05) is 17.7 Å². The minimum absolute atomic E-state index is 0.260. The Morgan fingerprint density at radius 3 is 2.64 bits per heavy atom. The molecule has 22 heavy (non-hydrogen) atoms. The normalized spacial score (nSPS) is 21.0. The molecule has 2 rings (SSSR count). The number of carbonyl (C=O) groups excluding carboxylic acids is 1. The molecule has 0 spiro atoms. The van der Waals surface area contributed by atoms with E-state index in [1.54, 1.807) is 17.0 Å². The standard InChI is InChI=1S/C16H23ClN2O3/c1-15(2,3)22-14(20)19-13(9-21-16(19,4)5)10-6-7-11(17)12(18)8-10/h6-8,13H,9,18H2,1-5H3/t13-/m1/s1. The summed E-state index contributed by atoms with van der Waals surface area (Å²) in [7, 11) is 0. The van der Waals surface area contributed by atoms with Crippen LogP contribution in [-0.2, 0) is 9.47 Å². The zero-order valence-electron chi connectivity index (χ0n) is 13.6. The zero-order valence-corrected chi connectivity index (χ0v) is 14.4. The van der Waals surface area contributed by atoms with Gasteiger partial charge in [-0.15, -0.1) is 0 Å². The van der Waals surface area contributed by atoms with Crippen molar-refractivity contribution >= 4 is 23.4 Å². The molecule has 1 heterocycles. The van der Waals surface area contributed by atoms with Crippen LogP contribution in [-0.4, -0.2) is 28.9 Å². The van der Waals surface area contributed by atoms with Crippen LogP contribution in [0.1, 0.15) is 46.2 Å². The van der Waals surface area contributed by atoms with Gasteiger partial charge in [0.05, 0.1) is 23.4 Å². The molecular formula is C16H23ClN2O3. The number of nitrogens with zero attached hydrogens (tertiary/aromatic N) is 1. The summed E-state index contributed by atoms with van der Waals surface area (Å²) in [6.07, 6.45) is -0.409. The van der Waals surface area contributed by atoms with E-state index in [2.05, 4.69) is 0 Å². The van der Waals surface area contributed by atoms with Crippen molar-refractivity contribution in [3.63, 3.8) is 0 Å². The number of hydrogen-bond acceptors (Lipinski definition) is 4. The van der Waals surface area contributed by atoms with Crippen LogP contribution in [0.2, 0.25) is 5.02 Å². The van der Waals surface area contributed by atoms with Gasteiger partial charge in [0.2, 0.25) is 0 Å². The van der Waals surface area contributed by atoms with Gasteiger partial charge in [-0.25, -0.2) is 4.79 Å². The predicted molar refractivity (Wildman–Crippen MR) is 86.7 cm³/mol. The first-order chi connectivity index (χ1) is 10.0. The lowest BCUT2D eigenvalue weighted by atomic mass is 10.1. The number of anilines is 1. The molecule has 1 amide bonds. The number of hydrogen-bond donors (Lipinski definition) is 1. The van der Waals surface area contributed by atoms with Crippen molar-refractivity contribution in [3.8, 4) is 0 Å². The van der Waals surface area contributed by atoms with E-state index in [1.807, 2.05) is 40.7 Å². The SMILES string of the molecule is CC(C)(C)OC(=O)N1[C@@H](c2ccc(Cl)c(N)c2)COC1(C)C. The van der Waals surface area contributed by atoms with Crippen molar-refractivity contribution in [2.45, 2.75) is 52.0 Å². The lowest BCUT2D eigenvalue weighted by molar-refractivity contribution is -0.0626. The van der Waals surface area contributed by atoms with Crippen LogP contribution >= 0.6 is 11.6 Å². The molecule has 0 aliphatic carbocycles. The van der Waals surface area contributed by atoms with Crippen LogP contribution in [0.5, 0.6) is 0 Å². The van der Waals surface area contributed by atoms with E-state index in [9.17, 15) is 4.79 Å². The average Bonchev–Trinajstić information content (AvgIpc) is 2.66. The third-order valence-electron chi connectivity index (χ3n) is 3.48. The van der Waals surface area contributed by atoms with E-state index in [0.29, 0.717) is 17.3 Å². The Hall–Kier alpha value is -1.46. The van der Waals surface area contributed by atoms with Gasteiger partial charge in [0.25, 0.3) is 0 Å². The van der Waals surface area contributed by atoms with Crippen molar-refractivity contribution in [1.29, 1.82) is 0 Å². The second-order valence-corrected chi connectivity index (χ2v) is 7.31. The monoisotopic (exact) mass is 326 g/mol. The largest absolute Gasteiger partial charge is 0.444 e. The Kier molecular flexibility index (Phi) is 4.33. The van der Waals surface area contributed by atoms with Crippen LogP contribution in [0.15, 0.2) is 18.2 Å². The highest BCUT2D eigenvalue weighted by molar-refractivity contribution is 6.33. The quantitative estimate of drug-likeness (QED) is 0.793. The first-order valence-corrected chi connectivity index (χ1v) is 7.60. The molecule has 1 aliphatic rings. The third kappa shape index (κ3) is 3.47. The topological polar surface area (TPSA) is 64.8 Å². The number of nitrogens with two attached hydrogens (primary N) is 1. The number of nitrogen functional groups attached to an aromatic ring is 1. The first kappa shape index (κ1) is 16.9. The minimum Gasteiger partial charge on any atom is -0.444 e. The fraction of sp³-hybridized carbons (Fsp3) is 0.562. The zero-order chi connectivity index (χ0) is 16.7. The Labute approximate surface area is 136 Å². The predicted octanol–water partition coefficient (Wildman–Crippen LogP) is 3.97. The molecule has 5 nitrogen and oxygen atoms in total. The minimum atomic E-state index is -0.749. The third-order valence-corrected chi connectivity index (χ3v) is 3.83. The Morgan fingerprint density at radius 1 is 1.45 bits per heavy atom. The summed E-state index contributed by atoms with van der Waals surface area (Å²) in [5, 5.41) is 0.491. The fourth-order valence-electron chi connectivity index (χ4n) is 2.48. The molecule has 1 aliphatic heterocycles. The summed E-state index contributed by atoms with van der Waals surface area (Å²) < 4.78 is 11.3. The number of rotatable bonds is 1. The molecule has 0 aromatic heterocycles. The average molecular weight is 327 g/mol. The van der Waals surface area contributed by atoms with E-state index >= 15 is 0 Å². The van der Waals surface area contributed by atoms with E-state index in [0.717, 1.165) is 5.56 Å². The van der Waals surface area contributed by atoms with E-state index in [4.69, 9.17) is 26.8 Å². The summed E-state index contributed by atoms with van der Waals surface area (Å²) in [4.78, 5) is 14.2. The molecule has 1 saturated heterocycles. The molecule has 0 saturated carbocycles. The van der Waals surface area contributed by atoms with Gasteiger partial charge in [0.15, 0.2) is 0 Å². The van der Waals surface area contributed by atoms with Crippen LogP contribution in [0.4, 0.5) is 10.5 Å². The first-order valence-electron chi connectivity index (χ1n) is 7.22. The maximum atomic E-state index is 12.6. The van der Waals surface area contributed by atoms with Crippen LogP contribution in [0.25, 0.3) is 0 Å². The fourth-order valence-corrected chi connectivity index (χ4v) is 2.59. The van der Waals surface area contributed by atoms with Crippen molar-refractivity contribution < 1.29 is 14.3 Å². The van der Waals surface area contributed by atoms with Gasteiger partial charge in [-0.3, -0.25) is 4.90 Å². The van der Waals surface area contributed by atoms with Crippen molar-refractivity contribution in [3.05, 3.63) is 28.8 Å². The maximum absolute atomic E-state index is 12.6. The Balaban J connectivity index is 2.33. The second-order valence-electron chi connectivity index (χ2n) is 6.90. The van der Waals surface area contributed by atoms with Crippen molar-refractivity contribution in [2.24, 2.45) is 0 Å². The molecule has 1 aromatic carbocycles. The molecule has 2 N–H and O–H groups in total. The molecule has 1 fully saturated rings. The number of ether oxygens (including phenoxy) is 2. The lowest BCUT2D eigenvalue weighted by Crippen LogP contribution is -2.47. The lowest BCUT2D eigenvalue weighted by Gasteiger charge is -2.35. The van der Waals surface area contributed by atoms with Crippen molar-refractivity contribution in [2.75, 3.05) is 12.3 Å². The summed E-state index contributed by atoms with van der Waals surface area (Å²) in [6.45, 7) is 9.58. The summed E-state index contributed by atoms with van der Waals surface area (Å²) in [5.41, 5.74) is 5.91. The molecular weight excluding hydrogens is 304 g/mol. The molecule has 1 atom stereocenters. The summed E-state index contributed by atoms with van der Waals surface area (Å²) in [6, 6.07) is 5.09. The summed E-state index contributed by atoms with van der Waals surface area (Å²) >= 11 is 5.97. The van der Waals surface area contributed by atoms with Gasteiger partial charge in [0.1, 0.15) is 11.3 Å². The Bertz CT molecular complexity index is 581. The highest BCUT2D eigenvalue weighted by Crippen LogP contribution is 2.39. The summed E-state index contributed by atoms with van der Waals surface area (Å²) in [5.74, 6) is 0. The molecule has 0 unspecified atom stereocenters. The van der Waals surface area contributed by atoms with E-state index in [-0.39, 0.29) is 6.04 Å². The number of amides is 1. The second kappa shape index (κ2) is 5.63. The van der Waals surface area contributed by atoms with Crippen LogP contribution in [0.3, 0.4) is 0 Å². The van der Waals surface area contributed by atoms with Gasteiger partial charge < -0.3 is 15.2 Å². The van der Waals surface area contributed by atoms with Gasteiger partial charge >= 0.3 is 6.09 Å². The smallest absolute Gasteiger partial charge is 0.413 e. The van der Waals surface area contributed by atoms with E-state index < -0.39 is 17.4 Å². The van der Waals surface area contributed by atoms with Crippen molar-refractivity contribution in [1.82, 2.24) is 4.90 Å². The highest BCUT2D eigenvalue weighted by atomic mass is 35.5.